The van der Waals surface area contributed by atoms with Gasteiger partial charge in [0.2, 0.25) is 0 Å². The molecule has 0 aliphatic heterocycles. The zero-order valence-electron chi connectivity index (χ0n) is 11.9. The molecule has 0 saturated heterocycles. The molecule has 0 amide bonds. The van der Waals surface area contributed by atoms with Crippen LogP contribution < -0.4 is 9.43 Å². The van der Waals surface area contributed by atoms with Crippen LogP contribution in [-0.4, -0.2) is 13.3 Å². The van der Waals surface area contributed by atoms with Crippen molar-refractivity contribution in [1.82, 2.24) is 0 Å². The molecule has 2 rings (SSSR count). The molecule has 0 radical (unpaired) electrons. The number of nitrogens with one attached hydrogen (secondary N) is 1. The predicted molar refractivity (Wildman–Crippen MR) is 79.8 cm³/mol. The van der Waals surface area contributed by atoms with Crippen LogP contribution in [0.2, 0.25) is 0 Å². The van der Waals surface area contributed by atoms with Gasteiger partial charge in [-0.15, -0.1) is 0 Å². The van der Waals surface area contributed by atoms with Gasteiger partial charge >= 0.3 is 0 Å². The van der Waals surface area contributed by atoms with E-state index in [0.717, 1.165) is 5.56 Å². The third-order valence-corrected chi connectivity index (χ3v) is 4.39. The van der Waals surface area contributed by atoms with E-state index in [0.29, 0.717) is 5.56 Å². The maximum absolute atomic E-state index is 12.3. The number of non-ortho nitro benzene ring substituents is 1. The zero-order valence-corrected chi connectivity index (χ0v) is 12.7. The first-order chi connectivity index (χ1) is 9.79. The Hall–Kier alpha value is -2.48. The van der Waals surface area contributed by atoms with Gasteiger partial charge in [0.15, 0.2) is 0 Å². The van der Waals surface area contributed by atoms with E-state index < -0.39 is 14.9 Å². The SMILES string of the molecule is Cc1ccc(S(=O)(=O)Nc2cc([N+](=O)[O-])ccc2C)cc1.[F-]. The molecule has 0 saturated carbocycles. The standard InChI is InChI=1S/C14H14N2O4S.FH/c1-10-3-7-13(8-4-10)21(19,20)15-14-9-12(16(17)18)6-5-11(14)2;/h3-9,15H,1-2H3;1H/p-1. The lowest BCUT2D eigenvalue weighted by molar-refractivity contribution is -0.384. The first kappa shape index (κ1) is 17.6. The van der Waals surface area contributed by atoms with Crippen molar-refractivity contribution >= 4 is 21.4 Å². The number of hydrogen-bond donors (Lipinski definition) is 1. The van der Waals surface area contributed by atoms with Crippen molar-refractivity contribution in [3.05, 3.63) is 63.7 Å². The monoisotopic (exact) mass is 325 g/mol. The minimum absolute atomic E-state index is 0. The van der Waals surface area contributed by atoms with Gasteiger partial charge in [-0.1, -0.05) is 23.8 Å². The average Bonchev–Trinajstić information content (AvgIpc) is 2.41. The molecule has 2 aromatic rings. The van der Waals surface area contributed by atoms with Crippen molar-refractivity contribution in [2.45, 2.75) is 18.7 Å². The van der Waals surface area contributed by atoms with Gasteiger partial charge in [-0.25, -0.2) is 8.42 Å². The molecule has 0 bridgehead atoms. The lowest BCUT2D eigenvalue weighted by atomic mass is 10.2. The first-order valence-corrected chi connectivity index (χ1v) is 7.62. The number of nitro groups is 1. The molecule has 0 fully saturated rings. The largest absolute Gasteiger partial charge is 1.00 e. The predicted octanol–water partition coefficient (Wildman–Crippen LogP) is 0.0164. The molecule has 1 N–H and O–H groups in total. The van der Waals surface area contributed by atoms with Gasteiger partial charge in [0.05, 0.1) is 15.5 Å². The normalized spacial score (nSPS) is 10.6. The Morgan fingerprint density at radius 3 is 2.18 bits per heavy atom. The summed E-state index contributed by atoms with van der Waals surface area (Å²) in [7, 11) is -3.77. The van der Waals surface area contributed by atoms with Crippen molar-refractivity contribution in [2.75, 3.05) is 4.72 Å². The van der Waals surface area contributed by atoms with Crippen molar-refractivity contribution < 1.29 is 18.0 Å². The second-order valence-electron chi connectivity index (χ2n) is 4.67. The molecule has 0 aliphatic rings. The summed E-state index contributed by atoms with van der Waals surface area (Å²) in [5.41, 5.74) is 1.59. The molecule has 8 heteroatoms. The van der Waals surface area contributed by atoms with Crippen molar-refractivity contribution in [3.63, 3.8) is 0 Å². The summed E-state index contributed by atoms with van der Waals surface area (Å²) < 4.78 is 26.9. The van der Waals surface area contributed by atoms with Crippen LogP contribution >= 0.6 is 0 Å². The summed E-state index contributed by atoms with van der Waals surface area (Å²) in [5, 5.41) is 10.8. The van der Waals surface area contributed by atoms with Gasteiger partial charge in [-0.3, -0.25) is 14.8 Å². The second kappa shape index (κ2) is 6.52. The third-order valence-electron chi connectivity index (χ3n) is 3.01. The van der Waals surface area contributed by atoms with E-state index in [4.69, 9.17) is 0 Å². The highest BCUT2D eigenvalue weighted by Crippen LogP contribution is 2.24. The van der Waals surface area contributed by atoms with Gasteiger partial charge < -0.3 is 4.70 Å². The number of benzene rings is 2. The molecule has 0 heterocycles. The van der Waals surface area contributed by atoms with Crippen molar-refractivity contribution in [3.8, 4) is 0 Å². The quantitative estimate of drug-likeness (QED) is 0.634. The Morgan fingerprint density at radius 1 is 1.05 bits per heavy atom. The van der Waals surface area contributed by atoms with Crippen LogP contribution in [0, 0.1) is 24.0 Å². The van der Waals surface area contributed by atoms with E-state index in [1.54, 1.807) is 19.1 Å². The van der Waals surface area contributed by atoms with Gasteiger partial charge in [-0.2, -0.15) is 0 Å². The minimum Gasteiger partial charge on any atom is -1.00 e. The fourth-order valence-corrected chi connectivity index (χ4v) is 2.88. The fraction of sp³-hybridized carbons (Fsp3) is 0.143. The summed E-state index contributed by atoms with van der Waals surface area (Å²) in [6.07, 6.45) is 0. The molecular weight excluding hydrogens is 311 g/mol. The molecule has 6 nitrogen and oxygen atoms in total. The highest BCUT2D eigenvalue weighted by atomic mass is 32.2. The topological polar surface area (TPSA) is 89.3 Å². The van der Waals surface area contributed by atoms with E-state index >= 15 is 0 Å². The number of rotatable bonds is 4. The molecule has 0 atom stereocenters. The van der Waals surface area contributed by atoms with Crippen LogP contribution in [0.15, 0.2) is 47.4 Å². The van der Waals surface area contributed by atoms with E-state index in [1.165, 1.54) is 30.3 Å². The number of anilines is 1. The van der Waals surface area contributed by atoms with Crippen LogP contribution in [0.1, 0.15) is 11.1 Å². The molecule has 0 aliphatic carbocycles. The number of nitrogens with zero attached hydrogens (tertiary/aromatic N) is 1. The van der Waals surface area contributed by atoms with Crippen LogP contribution in [0.3, 0.4) is 0 Å². The molecular formula is C14H14FN2O4S-. The molecule has 0 aromatic heterocycles. The van der Waals surface area contributed by atoms with E-state index in [9.17, 15) is 18.5 Å². The summed E-state index contributed by atoms with van der Waals surface area (Å²) >= 11 is 0. The summed E-state index contributed by atoms with van der Waals surface area (Å²) in [6, 6.07) is 10.4. The summed E-state index contributed by atoms with van der Waals surface area (Å²) in [5.74, 6) is 0. The molecule has 118 valence electrons. The van der Waals surface area contributed by atoms with Crippen LogP contribution in [0.5, 0.6) is 0 Å². The van der Waals surface area contributed by atoms with Crippen LogP contribution in [0.4, 0.5) is 11.4 Å². The average molecular weight is 325 g/mol. The molecule has 0 unspecified atom stereocenters. The number of nitro benzene ring substituents is 1. The first-order valence-electron chi connectivity index (χ1n) is 6.14. The third kappa shape index (κ3) is 3.79. The molecule has 22 heavy (non-hydrogen) atoms. The number of aryl methyl sites for hydroxylation is 2. The zero-order chi connectivity index (χ0) is 15.6. The molecule has 2 aromatic carbocycles. The maximum Gasteiger partial charge on any atom is 0.271 e. The van der Waals surface area contributed by atoms with E-state index in [1.807, 2.05) is 6.92 Å². The van der Waals surface area contributed by atoms with Gasteiger partial charge in [0.1, 0.15) is 0 Å². The smallest absolute Gasteiger partial charge is 0.271 e. The maximum atomic E-state index is 12.3. The summed E-state index contributed by atoms with van der Waals surface area (Å²) in [4.78, 5) is 10.3. The van der Waals surface area contributed by atoms with E-state index in [2.05, 4.69) is 4.72 Å². The Labute approximate surface area is 127 Å². The highest BCUT2D eigenvalue weighted by molar-refractivity contribution is 7.92. The second-order valence-corrected chi connectivity index (χ2v) is 6.36. The Balaban J connectivity index is 0.00000242. The minimum atomic E-state index is -3.77. The van der Waals surface area contributed by atoms with E-state index in [-0.39, 0.29) is 21.0 Å². The molecule has 0 spiro atoms. The lowest BCUT2D eigenvalue weighted by Crippen LogP contribution is -3.00. The Morgan fingerprint density at radius 2 is 1.64 bits per heavy atom. The fourth-order valence-electron chi connectivity index (χ4n) is 1.75. The van der Waals surface area contributed by atoms with Gasteiger partial charge in [0.25, 0.3) is 15.7 Å². The Kier molecular flexibility index (Phi) is 5.21. The summed E-state index contributed by atoms with van der Waals surface area (Å²) in [6.45, 7) is 3.53. The lowest BCUT2D eigenvalue weighted by Gasteiger charge is -2.10. The van der Waals surface area contributed by atoms with Gasteiger partial charge in [0, 0.05) is 12.1 Å². The highest BCUT2D eigenvalue weighted by Gasteiger charge is 2.17. The number of halogens is 1. The Bertz CT molecular complexity index is 789. The van der Waals surface area contributed by atoms with Gasteiger partial charge in [-0.05, 0) is 31.5 Å². The van der Waals surface area contributed by atoms with Crippen molar-refractivity contribution in [1.29, 1.82) is 0 Å². The van der Waals surface area contributed by atoms with Crippen molar-refractivity contribution in [2.24, 2.45) is 0 Å². The number of hydrogen-bond acceptors (Lipinski definition) is 4. The number of sulfonamides is 1. The van der Waals surface area contributed by atoms with Crippen LogP contribution in [-0.2, 0) is 10.0 Å². The van der Waals surface area contributed by atoms with Crippen LogP contribution in [0.25, 0.3) is 0 Å².